The van der Waals surface area contributed by atoms with Gasteiger partial charge in [-0.2, -0.15) is 0 Å². The third-order valence-corrected chi connectivity index (χ3v) is 3.70. The fourth-order valence-corrected chi connectivity index (χ4v) is 2.61. The molecule has 0 aliphatic rings. The van der Waals surface area contributed by atoms with Gasteiger partial charge >= 0.3 is 11.8 Å². The maximum Gasteiger partial charge on any atom is 0.343 e. The fraction of sp³-hybridized carbons (Fsp3) is 0.308. The third-order valence-electron chi connectivity index (χ3n) is 2.73. The molecule has 0 spiro atoms. The summed E-state index contributed by atoms with van der Waals surface area (Å²) >= 11 is 1.48. The number of nitrogens with zero attached hydrogens (tertiary/aromatic N) is 4. The molecule has 2 heterocycles. The lowest BCUT2D eigenvalue weighted by atomic mass is 10.5. The van der Waals surface area contributed by atoms with E-state index in [4.69, 9.17) is 4.74 Å². The smallest absolute Gasteiger partial charge is 0.343 e. The summed E-state index contributed by atoms with van der Waals surface area (Å²) in [5, 5.41) is 11.0. The van der Waals surface area contributed by atoms with E-state index in [2.05, 4.69) is 9.97 Å². The second kappa shape index (κ2) is 7.55. The van der Waals surface area contributed by atoms with Crippen molar-refractivity contribution in [3.05, 3.63) is 46.7 Å². The highest BCUT2D eigenvalue weighted by atomic mass is 32.2. The SMILES string of the molecule is CC(=O)OCCn1c([N+](=O)[O-])cnc1CSc1cccnc1. The van der Waals surface area contributed by atoms with Crippen LogP contribution >= 0.6 is 11.8 Å². The van der Waals surface area contributed by atoms with Crippen molar-refractivity contribution < 1.29 is 14.5 Å². The molecule has 0 N–H and O–H groups in total. The van der Waals surface area contributed by atoms with Crippen molar-refractivity contribution in [3.63, 3.8) is 0 Å². The summed E-state index contributed by atoms with van der Waals surface area (Å²) in [4.78, 5) is 30.4. The summed E-state index contributed by atoms with van der Waals surface area (Å²) in [5.74, 6) is 0.468. The average molecular weight is 322 g/mol. The molecule has 9 heteroatoms. The van der Waals surface area contributed by atoms with E-state index in [9.17, 15) is 14.9 Å². The van der Waals surface area contributed by atoms with Crippen molar-refractivity contribution in [2.45, 2.75) is 24.1 Å². The minimum Gasteiger partial charge on any atom is -0.462 e. The molecule has 116 valence electrons. The van der Waals surface area contributed by atoms with Crippen molar-refractivity contribution in [2.24, 2.45) is 0 Å². The lowest BCUT2D eigenvalue weighted by Gasteiger charge is -2.05. The number of hydrogen-bond acceptors (Lipinski definition) is 7. The first kappa shape index (κ1) is 16.0. The first-order valence-electron chi connectivity index (χ1n) is 6.43. The zero-order valence-electron chi connectivity index (χ0n) is 11.8. The molecule has 22 heavy (non-hydrogen) atoms. The van der Waals surface area contributed by atoms with Gasteiger partial charge in [-0.1, -0.05) is 0 Å². The number of carbonyl (C=O) groups excluding carboxylic acids is 1. The van der Waals surface area contributed by atoms with Gasteiger partial charge in [0.05, 0.1) is 5.75 Å². The Kier molecular flexibility index (Phi) is 5.48. The zero-order chi connectivity index (χ0) is 15.9. The first-order valence-corrected chi connectivity index (χ1v) is 7.41. The molecule has 0 fully saturated rings. The highest BCUT2D eigenvalue weighted by Gasteiger charge is 2.20. The first-order chi connectivity index (χ1) is 10.6. The molecule has 0 aromatic carbocycles. The van der Waals surface area contributed by atoms with Crippen LogP contribution in [0.25, 0.3) is 0 Å². The lowest BCUT2D eigenvalue weighted by molar-refractivity contribution is -0.392. The number of rotatable bonds is 7. The molecule has 2 aromatic rings. The zero-order valence-corrected chi connectivity index (χ0v) is 12.7. The maximum absolute atomic E-state index is 11.0. The van der Waals surface area contributed by atoms with E-state index in [0.29, 0.717) is 11.6 Å². The van der Waals surface area contributed by atoms with Gasteiger partial charge in [-0.05, 0) is 17.1 Å². The van der Waals surface area contributed by atoms with Crippen LogP contribution in [0.4, 0.5) is 5.82 Å². The number of aromatic nitrogens is 3. The van der Waals surface area contributed by atoms with Crippen LogP contribution in [0.3, 0.4) is 0 Å². The Morgan fingerprint density at radius 1 is 1.50 bits per heavy atom. The molecule has 0 unspecified atom stereocenters. The van der Waals surface area contributed by atoms with Gasteiger partial charge in [-0.3, -0.25) is 9.78 Å². The standard InChI is InChI=1S/C13H14N4O4S/c1-10(18)21-6-5-16-12(15-8-13(16)17(19)20)9-22-11-3-2-4-14-7-11/h2-4,7-8H,5-6,9H2,1H3. The summed E-state index contributed by atoms with van der Waals surface area (Å²) in [7, 11) is 0. The largest absolute Gasteiger partial charge is 0.462 e. The summed E-state index contributed by atoms with van der Waals surface area (Å²) < 4.78 is 6.29. The molecule has 8 nitrogen and oxygen atoms in total. The van der Waals surface area contributed by atoms with E-state index >= 15 is 0 Å². The number of imidazole rings is 1. The molecule has 2 rings (SSSR count). The van der Waals surface area contributed by atoms with Gasteiger partial charge < -0.3 is 14.9 Å². The van der Waals surface area contributed by atoms with Crippen LogP contribution in [0.5, 0.6) is 0 Å². The highest BCUT2D eigenvalue weighted by Crippen LogP contribution is 2.23. The second-order valence-corrected chi connectivity index (χ2v) is 5.31. The number of pyridine rings is 1. The Hall–Kier alpha value is -2.42. The monoisotopic (exact) mass is 322 g/mol. The molecule has 0 saturated heterocycles. The van der Waals surface area contributed by atoms with Gasteiger partial charge in [0.1, 0.15) is 19.3 Å². The number of ether oxygens (including phenoxy) is 1. The van der Waals surface area contributed by atoms with Crippen LogP contribution in [0, 0.1) is 10.1 Å². The minimum absolute atomic E-state index is 0.0666. The van der Waals surface area contributed by atoms with E-state index < -0.39 is 10.9 Å². The summed E-state index contributed by atoms with van der Waals surface area (Å²) in [6.07, 6.45) is 4.60. The van der Waals surface area contributed by atoms with Gasteiger partial charge in [-0.25, -0.2) is 9.55 Å². The molecule has 2 aromatic heterocycles. The molecule has 0 amide bonds. The predicted octanol–water partition coefficient (Wildman–Crippen LogP) is 2.04. The highest BCUT2D eigenvalue weighted by molar-refractivity contribution is 7.98. The molecular formula is C13H14N4O4S. The van der Waals surface area contributed by atoms with Crippen molar-refractivity contribution in [1.29, 1.82) is 0 Å². The topological polar surface area (TPSA) is 100 Å². The molecule has 0 bridgehead atoms. The van der Waals surface area contributed by atoms with Gasteiger partial charge in [0.25, 0.3) is 0 Å². The molecular weight excluding hydrogens is 308 g/mol. The molecule has 0 radical (unpaired) electrons. The van der Waals surface area contributed by atoms with Crippen LogP contribution in [0.2, 0.25) is 0 Å². The van der Waals surface area contributed by atoms with E-state index in [0.717, 1.165) is 4.90 Å². The molecule has 0 atom stereocenters. The number of nitro groups is 1. The van der Waals surface area contributed by atoms with Gasteiger partial charge in [-0.15, -0.1) is 11.8 Å². The average Bonchev–Trinajstić information content (AvgIpc) is 2.89. The Bertz CT molecular complexity index is 659. The number of thioether (sulfide) groups is 1. The Morgan fingerprint density at radius 2 is 2.32 bits per heavy atom. The lowest BCUT2D eigenvalue weighted by Crippen LogP contribution is -2.13. The van der Waals surface area contributed by atoms with E-state index in [-0.39, 0.29) is 19.0 Å². The summed E-state index contributed by atoms with van der Waals surface area (Å²) in [5.41, 5.74) is 0. The Balaban J connectivity index is 2.09. The number of carbonyl (C=O) groups is 1. The van der Waals surface area contributed by atoms with E-state index in [1.165, 1.54) is 29.4 Å². The normalized spacial score (nSPS) is 10.4. The predicted molar refractivity (Wildman–Crippen MR) is 79.3 cm³/mol. The summed E-state index contributed by atoms with van der Waals surface area (Å²) in [6.45, 7) is 1.55. The Labute approximate surface area is 130 Å². The van der Waals surface area contributed by atoms with E-state index in [1.807, 2.05) is 12.1 Å². The van der Waals surface area contributed by atoms with Crippen LogP contribution in [-0.2, 0) is 21.8 Å². The summed E-state index contributed by atoms with van der Waals surface area (Å²) in [6, 6.07) is 3.72. The van der Waals surface area contributed by atoms with Crippen molar-refractivity contribution in [2.75, 3.05) is 6.61 Å². The van der Waals surface area contributed by atoms with Gasteiger partial charge in [0, 0.05) is 24.2 Å². The van der Waals surface area contributed by atoms with Crippen LogP contribution in [-0.4, -0.2) is 32.0 Å². The molecule has 0 aliphatic carbocycles. The number of hydrogen-bond donors (Lipinski definition) is 0. The quantitative estimate of drug-likeness (QED) is 0.333. The Morgan fingerprint density at radius 3 is 2.95 bits per heavy atom. The minimum atomic E-state index is -0.501. The fourth-order valence-electron chi connectivity index (χ4n) is 1.77. The van der Waals surface area contributed by atoms with Crippen LogP contribution in [0.1, 0.15) is 12.7 Å². The van der Waals surface area contributed by atoms with Crippen molar-refractivity contribution in [3.8, 4) is 0 Å². The number of esters is 1. The maximum atomic E-state index is 11.0. The van der Waals surface area contributed by atoms with Crippen LogP contribution < -0.4 is 0 Å². The van der Waals surface area contributed by atoms with E-state index in [1.54, 1.807) is 12.4 Å². The van der Waals surface area contributed by atoms with Gasteiger partial charge in [0.2, 0.25) is 5.82 Å². The molecule has 0 aliphatic heterocycles. The van der Waals surface area contributed by atoms with Gasteiger partial charge in [0.15, 0.2) is 0 Å². The molecule has 0 saturated carbocycles. The van der Waals surface area contributed by atoms with Crippen molar-refractivity contribution >= 4 is 23.5 Å². The third kappa shape index (κ3) is 4.29. The second-order valence-electron chi connectivity index (χ2n) is 4.26. The van der Waals surface area contributed by atoms with Crippen molar-refractivity contribution in [1.82, 2.24) is 14.5 Å². The van der Waals surface area contributed by atoms with Crippen LogP contribution in [0.15, 0.2) is 35.6 Å².